The number of aromatic nitrogens is 1. The number of carbonyl (C=O) groups excluding carboxylic acids is 2. The maximum atomic E-state index is 12.6. The molecule has 1 aromatic heterocycles. The van der Waals surface area contributed by atoms with E-state index in [0.29, 0.717) is 24.6 Å². The van der Waals surface area contributed by atoms with Gasteiger partial charge < -0.3 is 20.4 Å². The molecule has 0 atom stereocenters. The number of carbonyl (C=O) groups is 2. The summed E-state index contributed by atoms with van der Waals surface area (Å²) in [6.45, 7) is 4.24. The zero-order valence-electron chi connectivity index (χ0n) is 17.4. The highest BCUT2D eigenvalue weighted by Crippen LogP contribution is 2.25. The van der Waals surface area contributed by atoms with Crippen LogP contribution >= 0.6 is 0 Å². The Kier molecular flexibility index (Phi) is 6.12. The molecule has 31 heavy (non-hydrogen) atoms. The average Bonchev–Trinajstić information content (AvgIpc) is 2.81. The highest BCUT2D eigenvalue weighted by molar-refractivity contribution is 5.90. The van der Waals surface area contributed by atoms with Crippen LogP contribution in [-0.4, -0.2) is 48.0 Å². The Labute approximate surface area is 181 Å². The fourth-order valence-corrected chi connectivity index (χ4v) is 3.61. The van der Waals surface area contributed by atoms with E-state index in [0.717, 1.165) is 13.1 Å². The van der Waals surface area contributed by atoms with Crippen molar-refractivity contribution in [1.82, 2.24) is 9.88 Å². The highest BCUT2D eigenvalue weighted by Gasteiger charge is 2.21. The zero-order valence-corrected chi connectivity index (χ0v) is 17.4. The number of hydrogen-bond donors (Lipinski definition) is 2. The molecule has 0 saturated carbocycles. The molecule has 0 bridgehead atoms. The molecule has 2 N–H and O–H groups in total. The van der Waals surface area contributed by atoms with Crippen molar-refractivity contribution >= 4 is 29.1 Å². The van der Waals surface area contributed by atoms with Gasteiger partial charge in [0, 0.05) is 38.8 Å². The van der Waals surface area contributed by atoms with E-state index in [1.807, 2.05) is 18.2 Å². The summed E-state index contributed by atoms with van der Waals surface area (Å²) in [5.74, 6) is 0.272. The molecule has 3 amide bonds. The van der Waals surface area contributed by atoms with E-state index in [1.54, 1.807) is 17.0 Å². The van der Waals surface area contributed by atoms with Crippen LogP contribution in [0, 0.1) is 0 Å². The van der Waals surface area contributed by atoms with Gasteiger partial charge in [0.25, 0.3) is 0 Å². The zero-order chi connectivity index (χ0) is 21.6. The highest BCUT2D eigenvalue weighted by atomic mass is 16.2. The molecule has 7 heteroatoms. The summed E-state index contributed by atoms with van der Waals surface area (Å²) in [6, 6.07) is 22.1. The molecular formula is C24H25N5O2. The van der Waals surface area contributed by atoms with E-state index >= 15 is 0 Å². The average molecular weight is 415 g/mol. The van der Waals surface area contributed by atoms with Crippen molar-refractivity contribution in [2.75, 3.05) is 41.7 Å². The molecule has 158 valence electrons. The van der Waals surface area contributed by atoms with Gasteiger partial charge in [-0.1, -0.05) is 42.5 Å². The van der Waals surface area contributed by atoms with Crippen LogP contribution in [0.3, 0.4) is 0 Å². The van der Waals surface area contributed by atoms with Gasteiger partial charge in [0.1, 0.15) is 5.82 Å². The summed E-state index contributed by atoms with van der Waals surface area (Å²) < 4.78 is 0. The van der Waals surface area contributed by atoms with Gasteiger partial charge in [0.05, 0.1) is 11.9 Å². The minimum absolute atomic E-state index is 0.147. The summed E-state index contributed by atoms with van der Waals surface area (Å²) >= 11 is 0. The topological polar surface area (TPSA) is 77.6 Å². The largest absolute Gasteiger partial charge is 0.368 e. The number of urea groups is 1. The Balaban J connectivity index is 1.33. The fourth-order valence-electron chi connectivity index (χ4n) is 3.61. The van der Waals surface area contributed by atoms with Gasteiger partial charge in [-0.25, -0.2) is 9.78 Å². The third kappa shape index (κ3) is 5.19. The molecule has 1 saturated heterocycles. The van der Waals surface area contributed by atoms with Crippen molar-refractivity contribution in [3.63, 3.8) is 0 Å². The number of benzene rings is 2. The van der Waals surface area contributed by atoms with Gasteiger partial charge in [-0.05, 0) is 35.4 Å². The summed E-state index contributed by atoms with van der Waals surface area (Å²) in [5, 5.41) is 5.48. The van der Waals surface area contributed by atoms with Crippen molar-refractivity contribution in [3.05, 3.63) is 72.9 Å². The summed E-state index contributed by atoms with van der Waals surface area (Å²) in [7, 11) is 0. The minimum Gasteiger partial charge on any atom is -0.368 e. The second-order valence-corrected chi connectivity index (χ2v) is 7.43. The van der Waals surface area contributed by atoms with E-state index in [4.69, 9.17) is 0 Å². The lowest BCUT2D eigenvalue weighted by molar-refractivity contribution is -0.114. The van der Waals surface area contributed by atoms with Gasteiger partial charge >= 0.3 is 6.03 Å². The monoisotopic (exact) mass is 415 g/mol. The van der Waals surface area contributed by atoms with Crippen LogP contribution in [-0.2, 0) is 4.79 Å². The lowest BCUT2D eigenvalue weighted by Gasteiger charge is -2.36. The van der Waals surface area contributed by atoms with Crippen LogP contribution < -0.4 is 15.5 Å². The maximum absolute atomic E-state index is 12.6. The molecule has 2 aromatic carbocycles. The number of nitrogens with one attached hydrogen (secondary N) is 2. The first kappa shape index (κ1) is 20.4. The second-order valence-electron chi connectivity index (χ2n) is 7.43. The van der Waals surface area contributed by atoms with Gasteiger partial charge in [0.15, 0.2) is 0 Å². The first-order chi connectivity index (χ1) is 15.1. The van der Waals surface area contributed by atoms with Crippen LogP contribution in [0.15, 0.2) is 72.9 Å². The summed E-state index contributed by atoms with van der Waals surface area (Å²) in [4.78, 5) is 31.9. The Hall–Kier alpha value is -3.87. The Morgan fingerprint density at radius 2 is 1.58 bits per heavy atom. The Bertz CT molecular complexity index is 1050. The van der Waals surface area contributed by atoms with Gasteiger partial charge in [-0.3, -0.25) is 4.79 Å². The van der Waals surface area contributed by atoms with Gasteiger partial charge in [0.2, 0.25) is 5.91 Å². The molecule has 1 aliphatic heterocycles. The van der Waals surface area contributed by atoms with E-state index < -0.39 is 0 Å². The second kappa shape index (κ2) is 9.30. The van der Waals surface area contributed by atoms with Crippen molar-refractivity contribution in [2.45, 2.75) is 6.92 Å². The van der Waals surface area contributed by atoms with Crippen molar-refractivity contribution < 1.29 is 9.59 Å². The Morgan fingerprint density at radius 1 is 0.839 bits per heavy atom. The predicted molar refractivity (Wildman–Crippen MR) is 123 cm³/mol. The number of rotatable bonds is 4. The Morgan fingerprint density at radius 3 is 2.26 bits per heavy atom. The molecule has 7 nitrogen and oxygen atoms in total. The van der Waals surface area contributed by atoms with E-state index in [2.05, 4.69) is 56.9 Å². The van der Waals surface area contributed by atoms with Crippen LogP contribution in [0.25, 0.3) is 11.1 Å². The normalized spacial score (nSPS) is 13.6. The molecule has 4 rings (SSSR count). The molecule has 1 aliphatic rings. The third-order valence-electron chi connectivity index (χ3n) is 5.20. The number of amides is 3. The third-order valence-corrected chi connectivity index (χ3v) is 5.20. The minimum atomic E-state index is -0.184. The smallest absolute Gasteiger partial charge is 0.322 e. The molecule has 0 radical (unpaired) electrons. The maximum Gasteiger partial charge on any atom is 0.322 e. The van der Waals surface area contributed by atoms with E-state index in [9.17, 15) is 9.59 Å². The van der Waals surface area contributed by atoms with Gasteiger partial charge in [-0.15, -0.1) is 0 Å². The lowest BCUT2D eigenvalue weighted by atomic mass is 10.0. The van der Waals surface area contributed by atoms with Crippen molar-refractivity contribution in [1.29, 1.82) is 0 Å². The number of nitrogens with zero attached hydrogens (tertiary/aromatic N) is 3. The van der Waals surface area contributed by atoms with Crippen LogP contribution in [0.1, 0.15) is 6.92 Å². The molecular weight excluding hydrogens is 390 g/mol. The molecule has 0 aliphatic carbocycles. The number of anilines is 3. The summed E-state index contributed by atoms with van der Waals surface area (Å²) in [5.41, 5.74) is 4.14. The fraction of sp³-hybridized carbons (Fsp3) is 0.208. The quantitative estimate of drug-likeness (QED) is 0.674. The molecule has 3 aromatic rings. The molecule has 1 fully saturated rings. The first-order valence-electron chi connectivity index (χ1n) is 10.3. The lowest BCUT2D eigenvalue weighted by Crippen LogP contribution is -2.50. The number of piperazine rings is 1. The molecule has 2 heterocycles. The van der Waals surface area contributed by atoms with Crippen molar-refractivity contribution in [3.8, 4) is 11.1 Å². The van der Waals surface area contributed by atoms with Crippen LogP contribution in [0.5, 0.6) is 0 Å². The number of hydrogen-bond acceptors (Lipinski definition) is 4. The van der Waals surface area contributed by atoms with E-state index in [1.165, 1.54) is 29.9 Å². The molecule has 0 unspecified atom stereocenters. The van der Waals surface area contributed by atoms with Crippen LogP contribution in [0.4, 0.5) is 22.0 Å². The standard InChI is InChI=1S/C24H25N5O2/c1-18(30)26-23-11-10-21(17-25-23)27-24(31)29-14-12-28(13-15-29)22-9-5-8-20(16-22)19-6-3-2-4-7-19/h2-11,16-17H,12-15H2,1H3,(H,27,31)(H,25,26,30). The number of pyridine rings is 1. The van der Waals surface area contributed by atoms with Crippen molar-refractivity contribution in [2.24, 2.45) is 0 Å². The summed E-state index contributed by atoms with van der Waals surface area (Å²) in [6.07, 6.45) is 1.54. The van der Waals surface area contributed by atoms with Gasteiger partial charge in [-0.2, -0.15) is 0 Å². The predicted octanol–water partition coefficient (Wildman–Crippen LogP) is 4.06. The first-order valence-corrected chi connectivity index (χ1v) is 10.3. The van der Waals surface area contributed by atoms with Crippen LogP contribution in [0.2, 0.25) is 0 Å². The SMILES string of the molecule is CC(=O)Nc1ccc(NC(=O)N2CCN(c3cccc(-c4ccccc4)c3)CC2)cn1. The van der Waals surface area contributed by atoms with E-state index in [-0.39, 0.29) is 11.9 Å². The molecule has 0 spiro atoms.